The Morgan fingerprint density at radius 2 is 2.00 bits per heavy atom. The molecule has 0 fully saturated rings. The Morgan fingerprint density at radius 1 is 1.30 bits per heavy atom. The van der Waals surface area contributed by atoms with E-state index in [1.54, 1.807) is 13.3 Å². The zero-order valence-electron chi connectivity index (χ0n) is 11.3. The highest BCUT2D eigenvalue weighted by Gasteiger charge is 2.15. The first-order valence-electron chi connectivity index (χ1n) is 6.09. The van der Waals surface area contributed by atoms with Crippen molar-refractivity contribution in [1.82, 2.24) is 4.57 Å². The number of methoxy groups -OCH3 is 1. The van der Waals surface area contributed by atoms with Crippen LogP contribution in [0.1, 0.15) is 33.3 Å². The van der Waals surface area contributed by atoms with E-state index in [0.717, 1.165) is 5.56 Å². The Morgan fingerprint density at radius 3 is 2.60 bits per heavy atom. The molecule has 0 radical (unpaired) electrons. The van der Waals surface area contributed by atoms with Gasteiger partial charge in [0.1, 0.15) is 11.4 Å². The molecule has 0 saturated carbocycles. The molecule has 0 unspecified atom stereocenters. The smallest absolute Gasteiger partial charge is 0.352 e. The Balaban J connectivity index is 2.42. The van der Waals surface area contributed by atoms with Crippen LogP contribution in [0.2, 0.25) is 0 Å². The maximum absolute atomic E-state index is 11.4. The lowest BCUT2D eigenvalue weighted by Gasteiger charge is -2.10. The summed E-state index contributed by atoms with van der Waals surface area (Å²) in [7, 11) is 1.56. The molecule has 2 aromatic rings. The number of carboxylic acid groups (broad SMARTS) is 1. The lowest BCUT2D eigenvalue weighted by Crippen LogP contribution is -2.09. The van der Waals surface area contributed by atoms with Crippen LogP contribution < -0.4 is 4.74 Å². The number of hydrogen-bond acceptors (Lipinski definition) is 3. The summed E-state index contributed by atoms with van der Waals surface area (Å²) in [6.45, 7) is 1.74. The number of Topliss-reactive ketones (excluding diaryl/α,β-unsaturated/α-hetero) is 1. The van der Waals surface area contributed by atoms with Crippen molar-refractivity contribution in [3.63, 3.8) is 0 Å². The van der Waals surface area contributed by atoms with E-state index in [1.165, 1.54) is 17.6 Å². The van der Waals surface area contributed by atoms with E-state index >= 15 is 0 Å². The Hall–Kier alpha value is -2.56. The molecule has 104 valence electrons. The standard InChI is InChI=1S/C15H15NO4/c1-10(17)12-7-13(15(18)19)16(9-12)8-11-5-3-4-6-14(11)20-2/h3-7,9H,8H2,1-2H3,(H,18,19). The third-order valence-electron chi connectivity index (χ3n) is 3.06. The molecule has 5 heteroatoms. The highest BCUT2D eigenvalue weighted by molar-refractivity contribution is 5.97. The molecule has 2 rings (SSSR count). The Kier molecular flexibility index (Phi) is 3.89. The van der Waals surface area contributed by atoms with Crippen LogP contribution in [-0.2, 0) is 6.54 Å². The predicted molar refractivity (Wildman–Crippen MR) is 73.5 cm³/mol. The summed E-state index contributed by atoms with van der Waals surface area (Å²) in [6.07, 6.45) is 1.55. The number of ketones is 1. The van der Waals surface area contributed by atoms with E-state index in [1.807, 2.05) is 24.3 Å². The molecule has 5 nitrogen and oxygen atoms in total. The van der Waals surface area contributed by atoms with Crippen molar-refractivity contribution in [2.45, 2.75) is 13.5 Å². The number of benzene rings is 1. The minimum atomic E-state index is -1.06. The van der Waals surface area contributed by atoms with E-state index in [9.17, 15) is 14.7 Å². The molecule has 0 bridgehead atoms. The molecule has 1 aromatic heterocycles. The molecule has 0 aliphatic heterocycles. The second-order valence-corrected chi connectivity index (χ2v) is 4.42. The van der Waals surface area contributed by atoms with Crippen molar-refractivity contribution < 1.29 is 19.4 Å². The van der Waals surface area contributed by atoms with Crippen molar-refractivity contribution in [3.8, 4) is 5.75 Å². The maximum atomic E-state index is 11.4. The van der Waals surface area contributed by atoms with Crippen LogP contribution in [0.5, 0.6) is 5.75 Å². The van der Waals surface area contributed by atoms with Crippen molar-refractivity contribution in [2.75, 3.05) is 7.11 Å². The maximum Gasteiger partial charge on any atom is 0.352 e. The van der Waals surface area contributed by atoms with Crippen LogP contribution in [0.25, 0.3) is 0 Å². The molecular weight excluding hydrogens is 258 g/mol. The first-order chi connectivity index (χ1) is 9.52. The van der Waals surface area contributed by atoms with Crippen molar-refractivity contribution in [1.29, 1.82) is 0 Å². The van der Waals surface area contributed by atoms with Gasteiger partial charge in [0.15, 0.2) is 5.78 Å². The average Bonchev–Trinajstić information content (AvgIpc) is 2.84. The molecular formula is C15H15NO4. The minimum Gasteiger partial charge on any atom is -0.496 e. The summed E-state index contributed by atoms with van der Waals surface area (Å²) in [5, 5.41) is 9.20. The SMILES string of the molecule is COc1ccccc1Cn1cc(C(C)=O)cc1C(=O)O. The molecule has 1 aromatic carbocycles. The molecule has 0 aliphatic rings. The average molecular weight is 273 g/mol. The molecule has 0 saturated heterocycles. The number of carbonyl (C=O) groups is 2. The monoisotopic (exact) mass is 273 g/mol. The molecule has 1 heterocycles. The number of carboxylic acids is 1. The van der Waals surface area contributed by atoms with E-state index < -0.39 is 5.97 Å². The highest BCUT2D eigenvalue weighted by Crippen LogP contribution is 2.20. The van der Waals surface area contributed by atoms with Gasteiger partial charge >= 0.3 is 5.97 Å². The van der Waals surface area contributed by atoms with E-state index in [-0.39, 0.29) is 11.5 Å². The largest absolute Gasteiger partial charge is 0.496 e. The van der Waals surface area contributed by atoms with Gasteiger partial charge in [-0.1, -0.05) is 18.2 Å². The summed E-state index contributed by atoms with van der Waals surface area (Å²) in [4.78, 5) is 22.6. The fourth-order valence-corrected chi connectivity index (χ4v) is 2.03. The van der Waals surface area contributed by atoms with Gasteiger partial charge in [0.05, 0.1) is 13.7 Å². The van der Waals surface area contributed by atoms with Crippen LogP contribution in [0.4, 0.5) is 0 Å². The van der Waals surface area contributed by atoms with Gasteiger partial charge in [0.2, 0.25) is 0 Å². The van der Waals surface area contributed by atoms with Gasteiger partial charge in [-0.15, -0.1) is 0 Å². The van der Waals surface area contributed by atoms with Gasteiger partial charge < -0.3 is 14.4 Å². The first kappa shape index (κ1) is 13.9. The molecule has 20 heavy (non-hydrogen) atoms. The lowest BCUT2D eigenvalue weighted by atomic mass is 10.2. The van der Waals surface area contributed by atoms with Gasteiger partial charge in [-0.25, -0.2) is 4.79 Å². The van der Waals surface area contributed by atoms with Crippen LogP contribution in [-0.4, -0.2) is 28.5 Å². The number of rotatable bonds is 5. The van der Waals surface area contributed by atoms with Crippen molar-refractivity contribution >= 4 is 11.8 Å². The van der Waals surface area contributed by atoms with Crippen molar-refractivity contribution in [3.05, 3.63) is 53.3 Å². The number of ether oxygens (including phenoxy) is 1. The van der Waals surface area contributed by atoms with Gasteiger partial charge in [-0.3, -0.25) is 4.79 Å². The third kappa shape index (κ3) is 2.71. The topological polar surface area (TPSA) is 68.5 Å². The molecule has 0 atom stereocenters. The third-order valence-corrected chi connectivity index (χ3v) is 3.06. The van der Waals surface area contributed by atoms with E-state index in [0.29, 0.717) is 17.9 Å². The van der Waals surface area contributed by atoms with Gasteiger partial charge in [-0.2, -0.15) is 0 Å². The molecule has 0 amide bonds. The van der Waals surface area contributed by atoms with Crippen LogP contribution in [0.15, 0.2) is 36.5 Å². The van der Waals surface area contributed by atoms with Crippen LogP contribution in [0, 0.1) is 0 Å². The quantitative estimate of drug-likeness (QED) is 0.849. The fourth-order valence-electron chi connectivity index (χ4n) is 2.03. The highest BCUT2D eigenvalue weighted by atomic mass is 16.5. The molecule has 0 aliphatic carbocycles. The number of aromatic carboxylic acids is 1. The zero-order chi connectivity index (χ0) is 14.7. The van der Waals surface area contributed by atoms with Crippen LogP contribution in [0.3, 0.4) is 0 Å². The summed E-state index contributed by atoms with van der Waals surface area (Å²) in [6, 6.07) is 8.76. The molecule has 1 N–H and O–H groups in total. The number of aromatic nitrogens is 1. The molecule has 0 spiro atoms. The lowest BCUT2D eigenvalue weighted by molar-refractivity contribution is 0.0685. The van der Waals surface area contributed by atoms with Gasteiger partial charge in [0.25, 0.3) is 0 Å². The number of hydrogen-bond donors (Lipinski definition) is 1. The second kappa shape index (κ2) is 5.61. The van der Waals surface area contributed by atoms with Gasteiger partial charge in [0, 0.05) is 17.3 Å². The first-order valence-corrected chi connectivity index (χ1v) is 6.09. The number of para-hydroxylation sites is 1. The van der Waals surface area contributed by atoms with Gasteiger partial charge in [-0.05, 0) is 19.1 Å². The summed E-state index contributed by atoms with van der Waals surface area (Å²) < 4.78 is 6.78. The van der Waals surface area contributed by atoms with Crippen LogP contribution >= 0.6 is 0 Å². The Bertz CT molecular complexity index is 658. The zero-order valence-corrected chi connectivity index (χ0v) is 11.3. The van der Waals surface area contributed by atoms with E-state index in [2.05, 4.69) is 0 Å². The number of nitrogens with zero attached hydrogens (tertiary/aromatic N) is 1. The number of carbonyl (C=O) groups excluding carboxylic acids is 1. The summed E-state index contributed by atoms with van der Waals surface area (Å²) in [5.74, 6) is -0.541. The summed E-state index contributed by atoms with van der Waals surface area (Å²) >= 11 is 0. The summed E-state index contributed by atoms with van der Waals surface area (Å²) in [5.41, 5.74) is 1.32. The normalized spacial score (nSPS) is 10.3. The van der Waals surface area contributed by atoms with E-state index in [4.69, 9.17) is 4.74 Å². The Labute approximate surface area is 116 Å². The second-order valence-electron chi connectivity index (χ2n) is 4.42. The predicted octanol–water partition coefficient (Wildman–Crippen LogP) is 2.45. The van der Waals surface area contributed by atoms with Crippen molar-refractivity contribution in [2.24, 2.45) is 0 Å². The fraction of sp³-hybridized carbons (Fsp3) is 0.200. The minimum absolute atomic E-state index is 0.0844.